The number of amides is 2. The monoisotopic (exact) mass is 326 g/mol. The van der Waals surface area contributed by atoms with Crippen molar-refractivity contribution in [1.82, 2.24) is 15.2 Å². The smallest absolute Gasteiger partial charge is 0.271 e. The van der Waals surface area contributed by atoms with Crippen LogP contribution in [-0.4, -0.2) is 34.3 Å². The fraction of sp³-hybridized carbons (Fsp3) is 0.250. The molecule has 7 heteroatoms. The number of aromatic nitrogens is 1. The summed E-state index contributed by atoms with van der Waals surface area (Å²) in [6.45, 7) is 1.08. The van der Waals surface area contributed by atoms with Crippen molar-refractivity contribution in [2.75, 3.05) is 6.54 Å². The van der Waals surface area contributed by atoms with Crippen molar-refractivity contribution in [3.8, 4) is 6.07 Å². The van der Waals surface area contributed by atoms with Gasteiger partial charge in [-0.25, -0.2) is 4.98 Å². The first kappa shape index (κ1) is 15.2. The molecule has 0 bridgehead atoms. The summed E-state index contributed by atoms with van der Waals surface area (Å²) >= 11 is 1.34. The number of nitriles is 1. The molecule has 0 radical (unpaired) electrons. The number of nitrogens with zero attached hydrogens (tertiary/aromatic N) is 3. The summed E-state index contributed by atoms with van der Waals surface area (Å²) in [5.74, 6) is -0.400. The quantitative estimate of drug-likeness (QED) is 0.923. The highest BCUT2D eigenvalue weighted by molar-refractivity contribution is 7.07. The molecular formula is C16H14N4O2S. The van der Waals surface area contributed by atoms with Crippen molar-refractivity contribution in [3.63, 3.8) is 0 Å². The molecule has 0 saturated carbocycles. The fourth-order valence-electron chi connectivity index (χ4n) is 2.49. The maximum absolute atomic E-state index is 12.4. The molecule has 0 unspecified atom stereocenters. The van der Waals surface area contributed by atoms with E-state index in [1.165, 1.54) is 11.3 Å². The number of carbonyl (C=O) groups excluding carboxylic acids is 2. The van der Waals surface area contributed by atoms with E-state index in [0.29, 0.717) is 30.8 Å². The van der Waals surface area contributed by atoms with Crippen LogP contribution in [0.5, 0.6) is 0 Å². The summed E-state index contributed by atoms with van der Waals surface area (Å²) < 4.78 is 0. The van der Waals surface area contributed by atoms with Crippen molar-refractivity contribution < 1.29 is 9.59 Å². The SMILES string of the molecule is N#Cc1ccc(CN2CC[C@H](NC(=O)c3cscn3)C2=O)cc1. The van der Waals surface area contributed by atoms with Crippen LogP contribution in [0.25, 0.3) is 0 Å². The summed E-state index contributed by atoms with van der Waals surface area (Å²) in [6, 6.07) is 8.72. The average molecular weight is 326 g/mol. The molecule has 2 amide bonds. The second-order valence-corrected chi connectivity index (χ2v) is 5.98. The first-order chi connectivity index (χ1) is 11.2. The molecule has 3 rings (SSSR count). The third-order valence-corrected chi connectivity index (χ3v) is 4.31. The molecule has 1 aromatic carbocycles. The zero-order valence-corrected chi connectivity index (χ0v) is 13.0. The van der Waals surface area contributed by atoms with E-state index < -0.39 is 6.04 Å². The second-order valence-electron chi connectivity index (χ2n) is 5.26. The van der Waals surface area contributed by atoms with Crippen LogP contribution < -0.4 is 5.32 Å². The maximum Gasteiger partial charge on any atom is 0.271 e. The largest absolute Gasteiger partial charge is 0.339 e. The molecule has 2 aromatic rings. The predicted molar refractivity (Wildman–Crippen MR) is 84.6 cm³/mol. The highest BCUT2D eigenvalue weighted by Crippen LogP contribution is 2.16. The van der Waals surface area contributed by atoms with E-state index in [1.54, 1.807) is 27.9 Å². The molecule has 6 nitrogen and oxygen atoms in total. The Kier molecular flexibility index (Phi) is 4.35. The van der Waals surface area contributed by atoms with Gasteiger partial charge in [0.1, 0.15) is 11.7 Å². The third-order valence-electron chi connectivity index (χ3n) is 3.72. The first-order valence-corrected chi connectivity index (χ1v) is 8.08. The average Bonchev–Trinajstić information content (AvgIpc) is 3.21. The van der Waals surface area contributed by atoms with Gasteiger partial charge in [-0.3, -0.25) is 9.59 Å². The molecule has 1 aliphatic heterocycles. The molecule has 23 heavy (non-hydrogen) atoms. The standard InChI is InChI=1S/C16H14N4O2S/c17-7-11-1-3-12(4-2-11)8-20-6-5-13(16(20)22)19-15(21)14-9-23-10-18-14/h1-4,9-10,13H,5-6,8H2,(H,19,21)/t13-/m0/s1. The lowest BCUT2D eigenvalue weighted by Gasteiger charge is -2.17. The Labute approximate surface area is 137 Å². The minimum absolute atomic E-state index is 0.0852. The van der Waals surface area contributed by atoms with E-state index in [2.05, 4.69) is 16.4 Å². The Morgan fingerprint density at radius 3 is 2.87 bits per heavy atom. The summed E-state index contributed by atoms with van der Waals surface area (Å²) in [5, 5.41) is 13.2. The minimum atomic E-state index is -0.498. The molecule has 0 aliphatic carbocycles. The highest BCUT2D eigenvalue weighted by Gasteiger charge is 2.33. The molecule has 1 atom stereocenters. The van der Waals surface area contributed by atoms with Crippen LogP contribution in [0.2, 0.25) is 0 Å². The molecule has 2 heterocycles. The van der Waals surface area contributed by atoms with Crippen LogP contribution in [0.1, 0.15) is 28.0 Å². The number of thiazole rings is 1. The van der Waals surface area contributed by atoms with E-state index in [-0.39, 0.29) is 11.8 Å². The molecule has 1 N–H and O–H groups in total. The van der Waals surface area contributed by atoms with Gasteiger partial charge in [-0.05, 0) is 24.1 Å². The van der Waals surface area contributed by atoms with Crippen molar-refractivity contribution in [1.29, 1.82) is 5.26 Å². The third kappa shape index (κ3) is 3.38. The molecule has 1 aromatic heterocycles. The summed E-state index contributed by atoms with van der Waals surface area (Å²) in [5.41, 5.74) is 3.48. The summed E-state index contributed by atoms with van der Waals surface area (Å²) in [7, 11) is 0. The van der Waals surface area contributed by atoms with Gasteiger partial charge < -0.3 is 10.2 Å². The number of hydrogen-bond donors (Lipinski definition) is 1. The molecule has 1 aliphatic rings. The van der Waals surface area contributed by atoms with Gasteiger partial charge in [-0.1, -0.05) is 12.1 Å². The lowest BCUT2D eigenvalue weighted by atomic mass is 10.1. The van der Waals surface area contributed by atoms with Crippen LogP contribution in [0.4, 0.5) is 0 Å². The summed E-state index contributed by atoms with van der Waals surface area (Å²) in [4.78, 5) is 30.0. The van der Waals surface area contributed by atoms with Crippen LogP contribution in [-0.2, 0) is 11.3 Å². The Bertz CT molecular complexity index is 749. The first-order valence-electron chi connectivity index (χ1n) is 7.14. The Morgan fingerprint density at radius 1 is 1.43 bits per heavy atom. The number of carbonyl (C=O) groups is 2. The van der Waals surface area contributed by atoms with E-state index in [4.69, 9.17) is 5.26 Å². The molecule has 116 valence electrons. The Morgan fingerprint density at radius 2 is 2.22 bits per heavy atom. The van der Waals surface area contributed by atoms with Crippen LogP contribution in [0.3, 0.4) is 0 Å². The van der Waals surface area contributed by atoms with Crippen molar-refractivity contribution >= 4 is 23.2 Å². The van der Waals surface area contributed by atoms with E-state index in [1.807, 2.05) is 12.1 Å². The Balaban J connectivity index is 1.60. The van der Waals surface area contributed by atoms with E-state index >= 15 is 0 Å². The van der Waals surface area contributed by atoms with Gasteiger partial charge in [0, 0.05) is 18.5 Å². The van der Waals surface area contributed by atoms with Gasteiger partial charge >= 0.3 is 0 Å². The van der Waals surface area contributed by atoms with Crippen molar-refractivity contribution in [3.05, 3.63) is 52.0 Å². The molecule has 1 saturated heterocycles. The number of hydrogen-bond acceptors (Lipinski definition) is 5. The molecular weight excluding hydrogens is 312 g/mol. The second kappa shape index (κ2) is 6.58. The number of benzene rings is 1. The van der Waals surface area contributed by atoms with Crippen LogP contribution >= 0.6 is 11.3 Å². The van der Waals surface area contributed by atoms with Crippen molar-refractivity contribution in [2.45, 2.75) is 19.0 Å². The predicted octanol–water partition coefficient (Wildman–Crippen LogP) is 1.55. The van der Waals surface area contributed by atoms with Gasteiger partial charge in [-0.2, -0.15) is 5.26 Å². The topological polar surface area (TPSA) is 86.1 Å². The highest BCUT2D eigenvalue weighted by atomic mass is 32.1. The normalized spacial score (nSPS) is 17.1. The van der Waals surface area contributed by atoms with Gasteiger partial charge in [0.2, 0.25) is 5.91 Å². The van der Waals surface area contributed by atoms with Gasteiger partial charge in [-0.15, -0.1) is 11.3 Å². The summed E-state index contributed by atoms with van der Waals surface area (Å²) in [6.07, 6.45) is 0.588. The van der Waals surface area contributed by atoms with Gasteiger partial charge in [0.15, 0.2) is 0 Å². The Hall–Kier alpha value is -2.72. The van der Waals surface area contributed by atoms with Crippen LogP contribution in [0, 0.1) is 11.3 Å². The zero-order valence-electron chi connectivity index (χ0n) is 12.2. The lowest BCUT2D eigenvalue weighted by molar-refractivity contribution is -0.129. The van der Waals surface area contributed by atoms with Crippen LogP contribution in [0.15, 0.2) is 35.2 Å². The van der Waals surface area contributed by atoms with Gasteiger partial charge in [0.25, 0.3) is 5.91 Å². The number of likely N-dealkylation sites (tertiary alicyclic amines) is 1. The van der Waals surface area contributed by atoms with E-state index in [0.717, 1.165) is 5.56 Å². The fourth-order valence-corrected chi connectivity index (χ4v) is 3.02. The molecule has 1 fully saturated rings. The zero-order chi connectivity index (χ0) is 16.2. The lowest BCUT2D eigenvalue weighted by Crippen LogP contribution is -2.41. The van der Waals surface area contributed by atoms with Crippen molar-refractivity contribution in [2.24, 2.45) is 0 Å². The number of rotatable bonds is 4. The minimum Gasteiger partial charge on any atom is -0.339 e. The van der Waals surface area contributed by atoms with E-state index in [9.17, 15) is 9.59 Å². The van der Waals surface area contributed by atoms with Gasteiger partial charge in [0.05, 0.1) is 17.1 Å². The maximum atomic E-state index is 12.4. The number of nitrogens with one attached hydrogen (secondary N) is 1. The molecule has 0 spiro atoms.